The average molecular weight is 391 g/mol. The van der Waals surface area contributed by atoms with Gasteiger partial charge >= 0.3 is 0 Å². The molecule has 4 rings (SSSR count). The van der Waals surface area contributed by atoms with Gasteiger partial charge in [0.05, 0.1) is 4.90 Å². The van der Waals surface area contributed by atoms with Crippen molar-refractivity contribution in [2.75, 3.05) is 12.3 Å². The van der Waals surface area contributed by atoms with Gasteiger partial charge in [-0.1, -0.05) is 17.7 Å². The summed E-state index contributed by atoms with van der Waals surface area (Å²) >= 11 is 0. The zero-order chi connectivity index (χ0) is 19.6. The molecule has 7 nitrogen and oxygen atoms in total. The van der Waals surface area contributed by atoms with Crippen molar-refractivity contribution < 1.29 is 13.0 Å². The number of hydrogen-bond acceptors (Lipinski definition) is 6. The number of hydrogen-bond donors (Lipinski definition) is 3. The van der Waals surface area contributed by atoms with Crippen LogP contribution in [-0.4, -0.2) is 35.5 Å². The summed E-state index contributed by atoms with van der Waals surface area (Å²) in [6, 6.07) is 6.62. The van der Waals surface area contributed by atoms with Gasteiger partial charge in [0.15, 0.2) is 0 Å². The van der Waals surface area contributed by atoms with Crippen molar-refractivity contribution in [1.29, 1.82) is 0 Å². The lowest BCUT2D eigenvalue weighted by Crippen LogP contribution is -2.46. The zero-order valence-electron chi connectivity index (χ0n) is 15.6. The van der Waals surface area contributed by atoms with Gasteiger partial charge < -0.3 is 11.1 Å². The lowest BCUT2D eigenvalue weighted by molar-refractivity contribution is 0.260. The molecule has 0 amide bonds. The fourth-order valence-electron chi connectivity index (χ4n) is 3.79. The summed E-state index contributed by atoms with van der Waals surface area (Å²) in [5.41, 5.74) is 10.2. The minimum Gasteiger partial charge on any atom is -0.368 e. The molecule has 1 fully saturated rings. The van der Waals surface area contributed by atoms with E-state index in [-0.39, 0.29) is 4.90 Å². The summed E-state index contributed by atoms with van der Waals surface area (Å²) in [7, 11) is -4.02. The van der Waals surface area contributed by atoms with Crippen molar-refractivity contribution in [3.8, 4) is 0 Å². The number of aryl methyl sites for hydroxylation is 2. The van der Waals surface area contributed by atoms with Gasteiger partial charge in [-0.25, -0.2) is 9.97 Å². The number of nitrogens with one attached hydrogen (secondary N) is 1. The molecule has 2 aromatic rings. The SMILES string of the molecule is Cc1ccc(S(=O)(=O)O)cc1.Cc1nc(N)nc2c1C[C@H]1NCCC[C@@H]1C2. The van der Waals surface area contributed by atoms with Gasteiger partial charge in [0, 0.05) is 17.4 Å². The Balaban J connectivity index is 0.000000168. The second-order valence-electron chi connectivity index (χ2n) is 7.25. The number of fused-ring (bicyclic) bond motifs is 2. The lowest BCUT2D eigenvalue weighted by Gasteiger charge is -2.37. The molecule has 4 N–H and O–H groups in total. The molecule has 0 bridgehead atoms. The quantitative estimate of drug-likeness (QED) is 0.638. The highest BCUT2D eigenvalue weighted by molar-refractivity contribution is 7.85. The van der Waals surface area contributed by atoms with Crippen LogP contribution in [0.2, 0.25) is 0 Å². The van der Waals surface area contributed by atoms with Gasteiger partial charge in [-0.3, -0.25) is 4.55 Å². The number of nitrogens with zero attached hydrogens (tertiary/aromatic N) is 2. The first kappa shape index (κ1) is 19.7. The predicted octanol–water partition coefficient (Wildman–Crippen LogP) is 2.08. The van der Waals surface area contributed by atoms with E-state index in [9.17, 15) is 8.42 Å². The van der Waals surface area contributed by atoms with Gasteiger partial charge in [0.25, 0.3) is 10.1 Å². The Labute approximate surface area is 160 Å². The standard InChI is InChI=1S/C12H18N4.C7H8O3S/c1-7-9-6-10-8(3-2-4-14-10)5-11(9)16-12(13)15-7;1-6-2-4-7(5-3-6)11(8,9)10/h8,10,14H,2-6H2,1H3,(H2,13,15,16);2-5H,1H3,(H,8,9,10)/t8-,10-;/m1./s1. The second-order valence-corrected chi connectivity index (χ2v) is 8.67. The van der Waals surface area contributed by atoms with E-state index in [1.165, 1.54) is 36.2 Å². The van der Waals surface area contributed by atoms with Gasteiger partial charge in [-0.05, 0) is 69.7 Å². The predicted molar refractivity (Wildman–Crippen MR) is 104 cm³/mol. The van der Waals surface area contributed by atoms with Crippen LogP contribution in [0.25, 0.3) is 0 Å². The molecule has 2 atom stereocenters. The van der Waals surface area contributed by atoms with Crippen molar-refractivity contribution in [3.05, 3.63) is 46.8 Å². The maximum Gasteiger partial charge on any atom is 0.294 e. The van der Waals surface area contributed by atoms with Crippen LogP contribution in [0.5, 0.6) is 0 Å². The molecular formula is C19H26N4O3S. The Morgan fingerprint density at radius 1 is 1.15 bits per heavy atom. The van der Waals surface area contributed by atoms with Gasteiger partial charge in [0.1, 0.15) is 0 Å². The largest absolute Gasteiger partial charge is 0.368 e. The Kier molecular flexibility index (Phi) is 5.78. The molecule has 0 spiro atoms. The van der Waals surface area contributed by atoms with Crippen molar-refractivity contribution in [3.63, 3.8) is 0 Å². The summed E-state index contributed by atoms with van der Waals surface area (Å²) < 4.78 is 29.6. The highest BCUT2D eigenvalue weighted by atomic mass is 32.2. The first-order chi connectivity index (χ1) is 12.7. The zero-order valence-corrected chi connectivity index (χ0v) is 16.5. The second kappa shape index (κ2) is 7.92. The van der Waals surface area contributed by atoms with E-state index in [0.717, 1.165) is 36.6 Å². The molecule has 1 aliphatic heterocycles. The Bertz CT molecular complexity index is 913. The molecule has 146 valence electrons. The third-order valence-electron chi connectivity index (χ3n) is 5.24. The number of nitrogen functional groups attached to an aromatic ring is 1. The van der Waals surface area contributed by atoms with Gasteiger partial charge in [-0.15, -0.1) is 0 Å². The van der Waals surface area contributed by atoms with Crippen LogP contribution < -0.4 is 11.1 Å². The molecule has 1 aromatic heterocycles. The summed E-state index contributed by atoms with van der Waals surface area (Å²) in [6.45, 7) is 5.04. The Morgan fingerprint density at radius 3 is 2.52 bits per heavy atom. The van der Waals surface area contributed by atoms with Gasteiger partial charge in [-0.2, -0.15) is 8.42 Å². The van der Waals surface area contributed by atoms with Crippen LogP contribution in [0.1, 0.15) is 35.4 Å². The number of aromatic nitrogens is 2. The van der Waals surface area contributed by atoms with E-state index in [2.05, 4.69) is 15.3 Å². The summed E-state index contributed by atoms with van der Waals surface area (Å²) in [5, 5.41) is 3.62. The number of piperidine rings is 1. The molecular weight excluding hydrogens is 364 g/mol. The first-order valence-corrected chi connectivity index (χ1v) is 10.6. The van der Waals surface area contributed by atoms with Crippen LogP contribution in [0.4, 0.5) is 5.95 Å². The molecule has 27 heavy (non-hydrogen) atoms. The highest BCUT2D eigenvalue weighted by Gasteiger charge is 2.32. The maximum atomic E-state index is 10.5. The van der Waals surface area contributed by atoms with E-state index in [1.807, 2.05) is 13.8 Å². The molecule has 0 radical (unpaired) electrons. The number of benzene rings is 1. The van der Waals surface area contributed by atoms with E-state index in [1.54, 1.807) is 12.1 Å². The van der Waals surface area contributed by atoms with Crippen molar-refractivity contribution in [2.45, 2.75) is 50.5 Å². The third-order valence-corrected chi connectivity index (χ3v) is 6.11. The maximum absolute atomic E-state index is 10.5. The molecule has 2 heterocycles. The fourth-order valence-corrected chi connectivity index (χ4v) is 4.27. The van der Waals surface area contributed by atoms with E-state index < -0.39 is 10.1 Å². The average Bonchev–Trinajstić information content (AvgIpc) is 2.60. The van der Waals surface area contributed by atoms with Crippen LogP contribution in [0.3, 0.4) is 0 Å². The van der Waals surface area contributed by atoms with Crippen molar-refractivity contribution in [1.82, 2.24) is 15.3 Å². The Morgan fingerprint density at radius 2 is 1.85 bits per heavy atom. The molecule has 1 aromatic carbocycles. The normalized spacial score (nSPS) is 21.4. The van der Waals surface area contributed by atoms with Crippen molar-refractivity contribution in [2.24, 2.45) is 5.92 Å². The van der Waals surface area contributed by atoms with Crippen molar-refractivity contribution >= 4 is 16.1 Å². The smallest absolute Gasteiger partial charge is 0.294 e. The summed E-state index contributed by atoms with van der Waals surface area (Å²) in [4.78, 5) is 8.60. The molecule has 8 heteroatoms. The molecule has 2 aliphatic rings. The van der Waals surface area contributed by atoms with Gasteiger partial charge in [0.2, 0.25) is 5.95 Å². The molecule has 1 aliphatic carbocycles. The molecule has 0 unspecified atom stereocenters. The van der Waals surface area contributed by atoms with Crippen LogP contribution in [0.15, 0.2) is 29.2 Å². The first-order valence-electron chi connectivity index (χ1n) is 9.13. The van der Waals surface area contributed by atoms with Crippen LogP contribution in [0, 0.1) is 19.8 Å². The summed E-state index contributed by atoms with van der Waals surface area (Å²) in [6.07, 6.45) is 4.75. The topological polar surface area (TPSA) is 118 Å². The fraction of sp³-hybridized carbons (Fsp3) is 0.474. The molecule has 0 saturated carbocycles. The van der Waals surface area contributed by atoms with Crippen LogP contribution in [-0.2, 0) is 23.0 Å². The Hall–Kier alpha value is -2.03. The minimum absolute atomic E-state index is 0.0666. The number of rotatable bonds is 1. The highest BCUT2D eigenvalue weighted by Crippen LogP contribution is 2.31. The molecule has 1 saturated heterocycles. The third kappa shape index (κ3) is 4.82. The summed E-state index contributed by atoms with van der Waals surface area (Å²) in [5.74, 6) is 1.17. The monoisotopic (exact) mass is 390 g/mol. The minimum atomic E-state index is -4.02. The lowest BCUT2D eigenvalue weighted by atomic mass is 9.78. The van der Waals surface area contributed by atoms with E-state index >= 15 is 0 Å². The van der Waals surface area contributed by atoms with E-state index in [0.29, 0.717) is 12.0 Å². The van der Waals surface area contributed by atoms with E-state index in [4.69, 9.17) is 10.3 Å². The number of anilines is 1. The van der Waals surface area contributed by atoms with Crippen LogP contribution >= 0.6 is 0 Å². The number of nitrogens with two attached hydrogens (primary N) is 1.